The molecule has 0 radical (unpaired) electrons. The molecule has 0 saturated carbocycles. The molecule has 1 aromatic rings. The van der Waals surface area contributed by atoms with E-state index in [1.54, 1.807) is 14.1 Å². The Morgan fingerprint density at radius 3 is 2.55 bits per heavy atom. The maximum atomic E-state index is 11.1. The van der Waals surface area contributed by atoms with Crippen LogP contribution < -0.4 is 11.0 Å². The van der Waals surface area contributed by atoms with Crippen molar-refractivity contribution in [1.82, 2.24) is 14.3 Å². The number of nitrogens with zero attached hydrogens (tertiary/aromatic N) is 3. The second kappa shape index (κ2) is 2.77. The third-order valence-electron chi connectivity index (χ3n) is 1.46. The van der Waals surface area contributed by atoms with Crippen LogP contribution in [-0.4, -0.2) is 20.9 Å². The lowest BCUT2D eigenvalue weighted by molar-refractivity contribution is 0.714. The van der Waals surface area contributed by atoms with Crippen LogP contribution in [0.5, 0.6) is 0 Å². The Kier molecular flexibility index (Phi) is 1.98. The van der Waals surface area contributed by atoms with Crippen molar-refractivity contribution in [1.29, 1.82) is 0 Å². The first-order valence-electron chi connectivity index (χ1n) is 3.50. The molecule has 11 heavy (non-hydrogen) atoms. The van der Waals surface area contributed by atoms with Crippen LogP contribution in [0.4, 0.5) is 5.95 Å². The smallest absolute Gasteiger partial charge is 0.346 e. The third kappa shape index (κ3) is 1.26. The maximum Gasteiger partial charge on any atom is 0.346 e. The van der Waals surface area contributed by atoms with Gasteiger partial charge in [0.05, 0.1) is 0 Å². The minimum absolute atomic E-state index is 0.110. The van der Waals surface area contributed by atoms with E-state index < -0.39 is 0 Å². The monoisotopic (exact) mass is 156 g/mol. The maximum absolute atomic E-state index is 11.1. The van der Waals surface area contributed by atoms with Crippen LogP contribution in [0.3, 0.4) is 0 Å². The highest BCUT2D eigenvalue weighted by atomic mass is 16.2. The molecule has 0 amide bonds. The molecule has 5 heteroatoms. The fraction of sp³-hybridized carbons (Fsp3) is 0.667. The van der Waals surface area contributed by atoms with E-state index >= 15 is 0 Å². The van der Waals surface area contributed by atoms with Crippen LogP contribution in [-0.2, 0) is 14.1 Å². The number of rotatable bonds is 2. The van der Waals surface area contributed by atoms with Crippen LogP contribution in [0, 0.1) is 0 Å². The van der Waals surface area contributed by atoms with Crippen molar-refractivity contribution in [2.75, 3.05) is 11.9 Å². The molecule has 0 spiro atoms. The van der Waals surface area contributed by atoms with Gasteiger partial charge in [0.1, 0.15) is 0 Å². The number of hydrogen-bond donors (Lipinski definition) is 1. The number of aromatic nitrogens is 3. The zero-order chi connectivity index (χ0) is 8.43. The quantitative estimate of drug-likeness (QED) is 0.631. The number of anilines is 1. The Balaban J connectivity index is 3.08. The molecule has 1 rings (SSSR count). The Bertz CT molecular complexity index is 298. The fourth-order valence-electron chi connectivity index (χ4n) is 0.872. The molecular formula is C6H12N4O. The molecule has 1 aromatic heterocycles. The Morgan fingerprint density at radius 2 is 2.18 bits per heavy atom. The molecule has 1 N–H and O–H groups in total. The van der Waals surface area contributed by atoms with E-state index in [0.29, 0.717) is 5.95 Å². The summed E-state index contributed by atoms with van der Waals surface area (Å²) in [4.78, 5) is 11.1. The Labute approximate surface area is 64.6 Å². The van der Waals surface area contributed by atoms with Crippen molar-refractivity contribution in [2.24, 2.45) is 14.1 Å². The zero-order valence-corrected chi connectivity index (χ0v) is 6.96. The van der Waals surface area contributed by atoms with Crippen molar-refractivity contribution < 1.29 is 0 Å². The zero-order valence-electron chi connectivity index (χ0n) is 6.96. The molecule has 0 atom stereocenters. The summed E-state index contributed by atoms with van der Waals surface area (Å²) in [5.41, 5.74) is -0.110. The summed E-state index contributed by atoms with van der Waals surface area (Å²) in [6.07, 6.45) is 0. The highest BCUT2D eigenvalue weighted by Crippen LogP contribution is 1.93. The van der Waals surface area contributed by atoms with E-state index in [1.807, 2.05) is 6.92 Å². The molecule has 1 heterocycles. The Hall–Kier alpha value is -1.26. The molecule has 0 bridgehead atoms. The molecule has 0 saturated heterocycles. The topological polar surface area (TPSA) is 51.9 Å². The summed E-state index contributed by atoms with van der Waals surface area (Å²) in [6, 6.07) is 0. The van der Waals surface area contributed by atoms with E-state index in [4.69, 9.17) is 0 Å². The van der Waals surface area contributed by atoms with Crippen molar-refractivity contribution in [2.45, 2.75) is 6.92 Å². The third-order valence-corrected chi connectivity index (χ3v) is 1.46. The highest BCUT2D eigenvalue weighted by molar-refractivity contribution is 5.22. The first-order valence-corrected chi connectivity index (χ1v) is 3.50. The summed E-state index contributed by atoms with van der Waals surface area (Å²) >= 11 is 0. The molecule has 0 aliphatic carbocycles. The van der Waals surface area contributed by atoms with Gasteiger partial charge in [-0.1, -0.05) is 0 Å². The number of aryl methyl sites for hydroxylation is 1. The van der Waals surface area contributed by atoms with Crippen molar-refractivity contribution in [3.05, 3.63) is 10.5 Å². The molecule has 0 aliphatic heterocycles. The van der Waals surface area contributed by atoms with E-state index in [-0.39, 0.29) is 5.69 Å². The van der Waals surface area contributed by atoms with Gasteiger partial charge in [0.25, 0.3) is 0 Å². The van der Waals surface area contributed by atoms with Gasteiger partial charge in [-0.05, 0) is 6.92 Å². The van der Waals surface area contributed by atoms with Crippen molar-refractivity contribution >= 4 is 5.95 Å². The van der Waals surface area contributed by atoms with E-state index in [2.05, 4.69) is 10.4 Å². The average molecular weight is 156 g/mol. The molecular weight excluding hydrogens is 144 g/mol. The summed E-state index contributed by atoms with van der Waals surface area (Å²) < 4.78 is 2.78. The molecule has 0 unspecified atom stereocenters. The summed E-state index contributed by atoms with van der Waals surface area (Å²) in [7, 11) is 3.32. The van der Waals surface area contributed by atoms with Gasteiger partial charge in [0, 0.05) is 20.6 Å². The van der Waals surface area contributed by atoms with E-state index in [9.17, 15) is 4.79 Å². The van der Waals surface area contributed by atoms with Crippen LogP contribution in [0.1, 0.15) is 6.92 Å². The van der Waals surface area contributed by atoms with Gasteiger partial charge in [-0.25, -0.2) is 9.48 Å². The minimum atomic E-state index is -0.110. The lowest BCUT2D eigenvalue weighted by Gasteiger charge is -1.97. The van der Waals surface area contributed by atoms with Crippen LogP contribution in [0.25, 0.3) is 0 Å². The van der Waals surface area contributed by atoms with Gasteiger partial charge in [0.2, 0.25) is 5.95 Å². The molecule has 0 fully saturated rings. The molecule has 5 nitrogen and oxygen atoms in total. The van der Waals surface area contributed by atoms with Gasteiger partial charge < -0.3 is 5.32 Å². The van der Waals surface area contributed by atoms with Crippen LogP contribution >= 0.6 is 0 Å². The van der Waals surface area contributed by atoms with Gasteiger partial charge in [-0.15, -0.1) is 5.10 Å². The minimum Gasteiger partial charge on any atom is -0.355 e. The summed E-state index contributed by atoms with van der Waals surface area (Å²) in [5.74, 6) is 0.611. The second-order valence-corrected chi connectivity index (χ2v) is 2.32. The molecule has 0 aliphatic rings. The highest BCUT2D eigenvalue weighted by Gasteiger charge is 2.03. The predicted octanol–water partition coefficient (Wildman–Crippen LogP) is -0.449. The average Bonchev–Trinajstić information content (AvgIpc) is 2.19. The first-order chi connectivity index (χ1) is 5.16. The lowest BCUT2D eigenvalue weighted by atomic mass is 10.7. The van der Waals surface area contributed by atoms with Crippen LogP contribution in [0.2, 0.25) is 0 Å². The molecule has 0 aromatic carbocycles. The van der Waals surface area contributed by atoms with E-state index in [0.717, 1.165) is 6.54 Å². The number of hydrogen-bond acceptors (Lipinski definition) is 3. The van der Waals surface area contributed by atoms with Gasteiger partial charge >= 0.3 is 5.69 Å². The van der Waals surface area contributed by atoms with Gasteiger partial charge in [-0.2, -0.15) is 0 Å². The Morgan fingerprint density at radius 1 is 1.55 bits per heavy atom. The van der Waals surface area contributed by atoms with E-state index in [1.165, 1.54) is 9.25 Å². The van der Waals surface area contributed by atoms with Crippen molar-refractivity contribution in [3.8, 4) is 0 Å². The first kappa shape index (κ1) is 7.84. The molecule has 62 valence electrons. The second-order valence-electron chi connectivity index (χ2n) is 2.32. The largest absolute Gasteiger partial charge is 0.355 e. The SMILES string of the molecule is CCNc1nn(C)c(=O)n1C. The van der Waals surface area contributed by atoms with Crippen molar-refractivity contribution in [3.63, 3.8) is 0 Å². The predicted molar refractivity (Wildman–Crippen MR) is 42.6 cm³/mol. The standard InChI is InChI=1S/C6H12N4O/c1-4-7-5-8-10(3)6(11)9(5)2/h4H2,1-3H3,(H,7,8). The lowest BCUT2D eigenvalue weighted by Crippen LogP contribution is -2.20. The summed E-state index contributed by atoms with van der Waals surface area (Å²) in [6.45, 7) is 2.73. The summed E-state index contributed by atoms with van der Waals surface area (Å²) in [5, 5.41) is 6.92. The van der Waals surface area contributed by atoms with Gasteiger partial charge in [-0.3, -0.25) is 4.57 Å². The van der Waals surface area contributed by atoms with Crippen LogP contribution in [0.15, 0.2) is 4.79 Å². The normalized spacial score (nSPS) is 10.1. The fourth-order valence-corrected chi connectivity index (χ4v) is 0.872. The number of nitrogens with one attached hydrogen (secondary N) is 1. The van der Waals surface area contributed by atoms with Gasteiger partial charge in [0.15, 0.2) is 0 Å².